The van der Waals surface area contributed by atoms with Crippen molar-refractivity contribution in [2.45, 2.75) is 31.3 Å². The van der Waals surface area contributed by atoms with Crippen molar-refractivity contribution in [3.63, 3.8) is 0 Å². The third-order valence-corrected chi connectivity index (χ3v) is 3.32. The van der Waals surface area contributed by atoms with Gasteiger partial charge in [0.15, 0.2) is 0 Å². The van der Waals surface area contributed by atoms with Crippen LogP contribution in [0.5, 0.6) is 0 Å². The Bertz CT molecular complexity index is 497. The van der Waals surface area contributed by atoms with Crippen LogP contribution in [0.1, 0.15) is 24.0 Å². The highest BCUT2D eigenvalue weighted by molar-refractivity contribution is 5.17. The van der Waals surface area contributed by atoms with E-state index in [1.54, 1.807) is 0 Å². The Hall–Kier alpha value is -1.61. The molecule has 1 fully saturated rings. The van der Waals surface area contributed by atoms with Crippen molar-refractivity contribution < 1.29 is 0 Å². The maximum atomic E-state index is 6.10. The number of hydrogen-bond donors (Lipinski definition) is 1. The summed E-state index contributed by atoms with van der Waals surface area (Å²) >= 11 is 0. The fraction of sp³-hybridized carbons (Fsp3) is 0.357. The zero-order valence-corrected chi connectivity index (χ0v) is 9.84. The van der Waals surface area contributed by atoms with E-state index in [1.807, 2.05) is 16.9 Å². The smallest absolute Gasteiger partial charge is 0.0659 e. The lowest BCUT2D eigenvalue weighted by molar-refractivity contribution is 0.665. The van der Waals surface area contributed by atoms with E-state index in [9.17, 15) is 0 Å². The van der Waals surface area contributed by atoms with E-state index in [4.69, 9.17) is 5.73 Å². The van der Waals surface area contributed by atoms with Gasteiger partial charge in [0.2, 0.25) is 0 Å². The summed E-state index contributed by atoms with van der Waals surface area (Å²) < 4.78 is 1.98. The minimum absolute atomic E-state index is 0.0700. The van der Waals surface area contributed by atoms with Gasteiger partial charge >= 0.3 is 0 Å². The van der Waals surface area contributed by atoms with Crippen molar-refractivity contribution >= 4 is 0 Å². The summed E-state index contributed by atoms with van der Waals surface area (Å²) in [5.74, 6) is 0. The highest BCUT2D eigenvalue weighted by atomic mass is 15.3. The molecular weight excluding hydrogens is 210 g/mol. The molecule has 88 valence electrons. The Kier molecular flexibility index (Phi) is 2.48. The fourth-order valence-electron chi connectivity index (χ4n) is 2.10. The quantitative estimate of drug-likeness (QED) is 0.867. The van der Waals surface area contributed by atoms with Crippen LogP contribution in [0.3, 0.4) is 0 Å². The first-order chi connectivity index (χ1) is 8.23. The van der Waals surface area contributed by atoms with Gasteiger partial charge in [0, 0.05) is 11.7 Å². The molecule has 0 atom stereocenters. The lowest BCUT2D eigenvalue weighted by atomic mass is 10.1. The average molecular weight is 227 g/mol. The van der Waals surface area contributed by atoms with E-state index in [2.05, 4.69) is 35.6 Å². The van der Waals surface area contributed by atoms with Crippen LogP contribution in [0.2, 0.25) is 0 Å². The van der Waals surface area contributed by atoms with Crippen LogP contribution in [0.4, 0.5) is 0 Å². The number of rotatable bonds is 4. The number of aromatic nitrogens is 2. The molecule has 0 unspecified atom stereocenters. The minimum Gasteiger partial charge on any atom is -0.325 e. The van der Waals surface area contributed by atoms with E-state index in [0.717, 1.165) is 25.8 Å². The first kappa shape index (κ1) is 10.5. The molecule has 17 heavy (non-hydrogen) atoms. The zero-order chi connectivity index (χ0) is 11.7. The maximum Gasteiger partial charge on any atom is 0.0659 e. The van der Waals surface area contributed by atoms with Crippen LogP contribution in [-0.2, 0) is 13.0 Å². The third-order valence-electron chi connectivity index (χ3n) is 3.32. The van der Waals surface area contributed by atoms with Gasteiger partial charge in [-0.3, -0.25) is 4.68 Å². The zero-order valence-electron chi connectivity index (χ0n) is 9.84. The lowest BCUT2D eigenvalue weighted by Crippen LogP contribution is -2.24. The van der Waals surface area contributed by atoms with Gasteiger partial charge in [-0.15, -0.1) is 0 Å². The van der Waals surface area contributed by atoms with Crippen molar-refractivity contribution in [3.05, 3.63) is 53.9 Å². The Labute approximate surface area is 101 Å². The Morgan fingerprint density at radius 2 is 1.94 bits per heavy atom. The van der Waals surface area contributed by atoms with E-state index in [1.165, 1.54) is 11.1 Å². The van der Waals surface area contributed by atoms with Gasteiger partial charge in [-0.05, 0) is 30.4 Å². The standard InChI is InChI=1S/C14H17N3/c15-14(6-7-14)8-13-9-16-17(11-13)10-12-4-2-1-3-5-12/h1-5,9,11H,6-8,10,15H2. The second-order valence-electron chi connectivity index (χ2n) is 5.07. The number of benzene rings is 1. The first-order valence-corrected chi connectivity index (χ1v) is 6.08. The van der Waals surface area contributed by atoms with Crippen molar-refractivity contribution in [3.8, 4) is 0 Å². The molecule has 1 aliphatic rings. The highest BCUT2D eigenvalue weighted by Gasteiger charge is 2.38. The summed E-state index contributed by atoms with van der Waals surface area (Å²) in [4.78, 5) is 0. The Morgan fingerprint density at radius 1 is 1.18 bits per heavy atom. The molecule has 2 aromatic rings. The molecule has 1 aromatic carbocycles. The van der Waals surface area contributed by atoms with Crippen molar-refractivity contribution in [2.24, 2.45) is 5.73 Å². The number of nitrogens with zero attached hydrogens (tertiary/aromatic N) is 2. The summed E-state index contributed by atoms with van der Waals surface area (Å²) in [6.07, 6.45) is 7.31. The van der Waals surface area contributed by atoms with Crippen LogP contribution < -0.4 is 5.73 Å². The van der Waals surface area contributed by atoms with Gasteiger partial charge in [0.05, 0.1) is 12.7 Å². The molecule has 1 aromatic heterocycles. The minimum atomic E-state index is 0.0700. The number of nitrogens with two attached hydrogens (primary N) is 1. The summed E-state index contributed by atoms with van der Waals surface area (Å²) in [6.45, 7) is 0.832. The van der Waals surface area contributed by atoms with Gasteiger partial charge < -0.3 is 5.73 Å². The molecule has 1 aliphatic carbocycles. The normalized spacial score (nSPS) is 17.0. The Morgan fingerprint density at radius 3 is 2.65 bits per heavy atom. The molecule has 0 bridgehead atoms. The second kappa shape index (κ2) is 4.00. The maximum absolute atomic E-state index is 6.10. The predicted octanol–water partition coefficient (Wildman–Crippen LogP) is 1.97. The second-order valence-corrected chi connectivity index (χ2v) is 5.07. The van der Waals surface area contributed by atoms with Gasteiger partial charge in [-0.1, -0.05) is 30.3 Å². The Balaban J connectivity index is 1.68. The summed E-state index contributed by atoms with van der Waals surface area (Å²) in [6, 6.07) is 10.4. The molecule has 0 radical (unpaired) electrons. The van der Waals surface area contributed by atoms with Crippen LogP contribution in [0, 0.1) is 0 Å². The fourth-order valence-corrected chi connectivity index (χ4v) is 2.10. The van der Waals surface area contributed by atoms with E-state index in [0.29, 0.717) is 0 Å². The van der Waals surface area contributed by atoms with Gasteiger partial charge in [-0.25, -0.2) is 0 Å². The first-order valence-electron chi connectivity index (χ1n) is 6.08. The summed E-state index contributed by atoms with van der Waals surface area (Å²) in [5, 5.41) is 4.38. The molecule has 3 nitrogen and oxygen atoms in total. The molecule has 0 spiro atoms. The molecule has 1 saturated carbocycles. The van der Waals surface area contributed by atoms with Crippen LogP contribution >= 0.6 is 0 Å². The monoisotopic (exact) mass is 227 g/mol. The largest absolute Gasteiger partial charge is 0.325 e. The summed E-state index contributed by atoms with van der Waals surface area (Å²) in [7, 11) is 0. The van der Waals surface area contributed by atoms with E-state index >= 15 is 0 Å². The van der Waals surface area contributed by atoms with Crippen molar-refractivity contribution in [1.29, 1.82) is 0 Å². The molecular formula is C14H17N3. The SMILES string of the molecule is NC1(Cc2cnn(Cc3ccccc3)c2)CC1. The molecule has 1 heterocycles. The van der Waals surface area contributed by atoms with Crippen LogP contribution in [-0.4, -0.2) is 15.3 Å². The van der Waals surface area contributed by atoms with Crippen LogP contribution in [0.15, 0.2) is 42.7 Å². The lowest BCUT2D eigenvalue weighted by Gasteiger charge is -2.04. The highest BCUT2D eigenvalue weighted by Crippen LogP contribution is 2.35. The molecule has 0 saturated heterocycles. The van der Waals surface area contributed by atoms with Crippen molar-refractivity contribution in [2.75, 3.05) is 0 Å². The molecule has 0 amide bonds. The molecule has 0 aliphatic heterocycles. The molecule has 2 N–H and O–H groups in total. The average Bonchev–Trinajstić information content (AvgIpc) is 2.88. The van der Waals surface area contributed by atoms with Gasteiger partial charge in [-0.2, -0.15) is 5.10 Å². The van der Waals surface area contributed by atoms with Crippen molar-refractivity contribution in [1.82, 2.24) is 9.78 Å². The number of hydrogen-bond acceptors (Lipinski definition) is 2. The molecule has 3 rings (SSSR count). The van der Waals surface area contributed by atoms with E-state index < -0.39 is 0 Å². The van der Waals surface area contributed by atoms with Gasteiger partial charge in [0.1, 0.15) is 0 Å². The van der Waals surface area contributed by atoms with E-state index in [-0.39, 0.29) is 5.54 Å². The third kappa shape index (κ3) is 2.56. The molecule has 3 heteroatoms. The van der Waals surface area contributed by atoms with Gasteiger partial charge in [0.25, 0.3) is 0 Å². The summed E-state index contributed by atoms with van der Waals surface area (Å²) in [5.41, 5.74) is 8.70. The van der Waals surface area contributed by atoms with Crippen LogP contribution in [0.25, 0.3) is 0 Å². The predicted molar refractivity (Wildman–Crippen MR) is 67.6 cm³/mol. The topological polar surface area (TPSA) is 43.8 Å².